The summed E-state index contributed by atoms with van der Waals surface area (Å²) in [5.74, 6) is -0.265. The highest BCUT2D eigenvalue weighted by molar-refractivity contribution is 7.91. The highest BCUT2D eigenvalue weighted by Crippen LogP contribution is 2.30. The van der Waals surface area contributed by atoms with E-state index in [0.29, 0.717) is 16.0 Å². The van der Waals surface area contributed by atoms with E-state index in [0.717, 1.165) is 5.69 Å². The number of amides is 1. The van der Waals surface area contributed by atoms with Crippen LogP contribution < -0.4 is 5.32 Å². The van der Waals surface area contributed by atoms with Gasteiger partial charge in [-0.1, -0.05) is 36.4 Å². The number of carbonyl (C=O) groups excluding carboxylic acids is 1. The van der Waals surface area contributed by atoms with Crippen LogP contribution in [0.15, 0.2) is 76.0 Å². The number of thiazole rings is 1. The molecule has 8 heteroatoms. The quantitative estimate of drug-likeness (QED) is 0.540. The minimum atomic E-state index is -3.70. The van der Waals surface area contributed by atoms with Gasteiger partial charge in [-0.2, -0.15) is 0 Å². The number of nitrogens with one attached hydrogen (secondary N) is 1. The van der Waals surface area contributed by atoms with Crippen LogP contribution >= 0.6 is 11.3 Å². The molecule has 0 spiro atoms. The average molecular weight is 412 g/mol. The molecule has 0 saturated carbocycles. The first kappa shape index (κ1) is 18.4. The lowest BCUT2D eigenvalue weighted by atomic mass is 10.2. The van der Waals surface area contributed by atoms with Crippen LogP contribution in [0.1, 0.15) is 5.69 Å². The van der Waals surface area contributed by atoms with Crippen molar-refractivity contribution in [3.8, 4) is 0 Å². The molecule has 142 valence electrons. The molecule has 0 unspecified atom stereocenters. The molecule has 0 aliphatic carbocycles. The van der Waals surface area contributed by atoms with Crippen molar-refractivity contribution in [3.63, 3.8) is 0 Å². The molecule has 0 bridgehead atoms. The van der Waals surface area contributed by atoms with Crippen LogP contribution in [0.4, 0.5) is 5.13 Å². The second-order valence-electron chi connectivity index (χ2n) is 6.30. The van der Waals surface area contributed by atoms with Gasteiger partial charge in [0, 0.05) is 22.5 Å². The summed E-state index contributed by atoms with van der Waals surface area (Å²) < 4.78 is 27.9. The molecule has 0 radical (unpaired) electrons. The molecule has 4 aromatic rings. The molecule has 0 atom stereocenters. The van der Waals surface area contributed by atoms with E-state index >= 15 is 0 Å². The van der Waals surface area contributed by atoms with Crippen molar-refractivity contribution in [1.29, 1.82) is 0 Å². The zero-order valence-corrected chi connectivity index (χ0v) is 16.6. The first-order chi connectivity index (χ1) is 13.4. The van der Waals surface area contributed by atoms with Crippen LogP contribution in [0.5, 0.6) is 0 Å². The fourth-order valence-electron chi connectivity index (χ4n) is 3.01. The van der Waals surface area contributed by atoms with Gasteiger partial charge in [-0.25, -0.2) is 13.4 Å². The Morgan fingerprint density at radius 3 is 2.54 bits per heavy atom. The number of para-hydroxylation sites is 1. The monoisotopic (exact) mass is 411 g/mol. The third-order valence-corrected chi connectivity index (χ3v) is 6.95. The lowest BCUT2D eigenvalue weighted by molar-refractivity contribution is -0.116. The number of aryl methyl sites for hydroxylation is 1. The van der Waals surface area contributed by atoms with Gasteiger partial charge in [-0.3, -0.25) is 4.79 Å². The molecule has 0 fully saturated rings. The predicted octanol–water partition coefficient (Wildman–Crippen LogP) is 3.88. The number of rotatable bonds is 5. The van der Waals surface area contributed by atoms with Crippen molar-refractivity contribution in [1.82, 2.24) is 9.55 Å². The van der Waals surface area contributed by atoms with E-state index in [1.54, 1.807) is 53.1 Å². The third kappa shape index (κ3) is 3.44. The zero-order chi connectivity index (χ0) is 19.7. The molecule has 2 heterocycles. The molecule has 1 N–H and O–H groups in total. The van der Waals surface area contributed by atoms with Crippen molar-refractivity contribution in [2.24, 2.45) is 0 Å². The van der Waals surface area contributed by atoms with Crippen LogP contribution in [-0.2, 0) is 21.2 Å². The fraction of sp³-hybridized carbons (Fsp3) is 0.100. The molecule has 1 amide bonds. The van der Waals surface area contributed by atoms with Crippen LogP contribution in [0.3, 0.4) is 0 Å². The SMILES string of the molecule is Cc1csc(NC(=O)Cn2cc(S(=O)(=O)c3ccccc3)c3ccccc32)n1. The van der Waals surface area contributed by atoms with Crippen molar-refractivity contribution in [2.75, 3.05) is 5.32 Å². The Balaban J connectivity index is 1.72. The van der Waals surface area contributed by atoms with Crippen LogP contribution in [0.25, 0.3) is 10.9 Å². The summed E-state index contributed by atoms with van der Waals surface area (Å²) in [5.41, 5.74) is 1.52. The number of sulfone groups is 1. The van der Waals surface area contributed by atoms with E-state index in [1.807, 2.05) is 18.4 Å². The normalized spacial score (nSPS) is 11.6. The van der Waals surface area contributed by atoms with Gasteiger partial charge in [0.15, 0.2) is 5.13 Å². The largest absolute Gasteiger partial charge is 0.337 e. The Labute approximate surface area is 166 Å². The molecule has 0 aliphatic heterocycles. The maximum Gasteiger partial charge on any atom is 0.246 e. The second-order valence-corrected chi connectivity index (χ2v) is 9.07. The molecular formula is C20H17N3O3S2. The number of anilines is 1. The van der Waals surface area contributed by atoms with Crippen LogP contribution in [0.2, 0.25) is 0 Å². The molecule has 28 heavy (non-hydrogen) atoms. The average Bonchev–Trinajstić information content (AvgIpc) is 3.26. The number of hydrogen-bond acceptors (Lipinski definition) is 5. The van der Waals surface area contributed by atoms with Gasteiger partial charge in [0.25, 0.3) is 0 Å². The number of hydrogen-bond donors (Lipinski definition) is 1. The number of carbonyl (C=O) groups is 1. The Kier molecular flexibility index (Phi) is 4.74. The number of fused-ring (bicyclic) bond motifs is 1. The molecule has 0 saturated heterocycles. The van der Waals surface area contributed by atoms with E-state index in [1.165, 1.54) is 17.5 Å². The molecule has 2 aromatic carbocycles. The molecule has 2 aromatic heterocycles. The maximum absolute atomic E-state index is 13.1. The minimum Gasteiger partial charge on any atom is -0.337 e. The van der Waals surface area contributed by atoms with Gasteiger partial charge in [-0.05, 0) is 25.1 Å². The highest BCUT2D eigenvalue weighted by Gasteiger charge is 2.23. The molecular weight excluding hydrogens is 394 g/mol. The van der Waals surface area contributed by atoms with E-state index in [-0.39, 0.29) is 22.2 Å². The lowest BCUT2D eigenvalue weighted by Gasteiger charge is -2.05. The van der Waals surface area contributed by atoms with E-state index < -0.39 is 9.84 Å². The minimum absolute atomic E-state index is 0.0105. The number of nitrogens with zero attached hydrogens (tertiary/aromatic N) is 2. The highest BCUT2D eigenvalue weighted by atomic mass is 32.2. The Morgan fingerprint density at radius 1 is 1.11 bits per heavy atom. The standard InChI is InChI=1S/C20H17N3O3S2/c1-14-13-27-20(21-14)22-19(24)12-23-11-18(16-9-5-6-10-17(16)23)28(25,26)15-7-3-2-4-8-15/h2-11,13H,12H2,1H3,(H,21,22,24). The van der Waals surface area contributed by atoms with E-state index in [2.05, 4.69) is 10.3 Å². The van der Waals surface area contributed by atoms with Crippen LogP contribution in [0, 0.1) is 6.92 Å². The third-order valence-electron chi connectivity index (χ3n) is 4.27. The van der Waals surface area contributed by atoms with Gasteiger partial charge in [0.1, 0.15) is 6.54 Å². The number of aromatic nitrogens is 2. The smallest absolute Gasteiger partial charge is 0.246 e. The molecule has 4 rings (SSSR count). The Hall–Kier alpha value is -2.97. The van der Waals surface area contributed by atoms with E-state index in [4.69, 9.17) is 0 Å². The Bertz CT molecular complexity index is 1260. The van der Waals surface area contributed by atoms with Gasteiger partial charge in [-0.15, -0.1) is 11.3 Å². The first-order valence-electron chi connectivity index (χ1n) is 8.55. The maximum atomic E-state index is 13.1. The fourth-order valence-corrected chi connectivity index (χ4v) is 5.21. The second kappa shape index (κ2) is 7.21. The molecule has 6 nitrogen and oxygen atoms in total. The summed E-state index contributed by atoms with van der Waals surface area (Å²) in [5, 5.41) is 5.72. The zero-order valence-electron chi connectivity index (χ0n) is 15.0. The van der Waals surface area contributed by atoms with E-state index in [9.17, 15) is 13.2 Å². The first-order valence-corrected chi connectivity index (χ1v) is 10.9. The summed E-state index contributed by atoms with van der Waals surface area (Å²) in [6.07, 6.45) is 1.53. The van der Waals surface area contributed by atoms with Crippen LogP contribution in [-0.4, -0.2) is 23.9 Å². The van der Waals surface area contributed by atoms with Gasteiger partial charge in [0.05, 0.1) is 15.5 Å². The summed E-state index contributed by atoms with van der Waals surface area (Å²) in [6, 6.07) is 15.5. The van der Waals surface area contributed by atoms with Crippen molar-refractivity contribution < 1.29 is 13.2 Å². The van der Waals surface area contributed by atoms with Gasteiger partial charge in [0.2, 0.25) is 15.7 Å². The van der Waals surface area contributed by atoms with Gasteiger partial charge >= 0.3 is 0 Å². The van der Waals surface area contributed by atoms with Crippen molar-refractivity contribution in [2.45, 2.75) is 23.3 Å². The Morgan fingerprint density at radius 2 is 1.82 bits per heavy atom. The number of benzene rings is 2. The summed E-state index contributed by atoms with van der Waals surface area (Å²) in [6.45, 7) is 1.84. The predicted molar refractivity (Wildman–Crippen MR) is 109 cm³/mol. The van der Waals surface area contributed by atoms with Gasteiger partial charge < -0.3 is 9.88 Å². The summed E-state index contributed by atoms with van der Waals surface area (Å²) in [4.78, 5) is 17.1. The summed E-state index contributed by atoms with van der Waals surface area (Å²) in [7, 11) is -3.70. The van der Waals surface area contributed by atoms with Crippen molar-refractivity contribution >= 4 is 43.1 Å². The molecule has 0 aliphatic rings. The van der Waals surface area contributed by atoms with Crippen molar-refractivity contribution in [3.05, 3.63) is 71.9 Å². The summed E-state index contributed by atoms with van der Waals surface area (Å²) >= 11 is 1.35. The topological polar surface area (TPSA) is 81.1 Å². The lowest BCUT2D eigenvalue weighted by Crippen LogP contribution is -2.18.